The van der Waals surface area contributed by atoms with Crippen LogP contribution in [0, 0.1) is 29.6 Å². The average molecular weight is 439 g/mol. The highest BCUT2D eigenvalue weighted by atomic mass is 32.2. The van der Waals surface area contributed by atoms with Gasteiger partial charge in [0.05, 0.1) is 5.92 Å². The number of thioether (sulfide) groups is 1. The van der Waals surface area contributed by atoms with Crippen molar-refractivity contribution in [2.75, 3.05) is 0 Å². The molecule has 1 aromatic rings. The molecular formula is C25H30O3SSi. The molecule has 0 aromatic heterocycles. The van der Waals surface area contributed by atoms with Crippen LogP contribution in [-0.4, -0.2) is 36.2 Å². The lowest BCUT2D eigenvalue weighted by Crippen LogP contribution is -2.59. The number of carbonyl (C=O) groups excluding carboxylic acids is 1. The lowest BCUT2D eigenvalue weighted by atomic mass is 9.74. The molecule has 3 nitrogen and oxygen atoms in total. The molecule has 4 unspecified atom stereocenters. The summed E-state index contributed by atoms with van der Waals surface area (Å²) in [7, 11) is -2.28. The molecule has 1 aromatic carbocycles. The predicted molar refractivity (Wildman–Crippen MR) is 126 cm³/mol. The Morgan fingerprint density at radius 2 is 1.83 bits per heavy atom. The maximum Gasteiger partial charge on any atom is 0.194 e. The van der Waals surface area contributed by atoms with Gasteiger partial charge in [-0.05, 0) is 55.3 Å². The maximum absolute atomic E-state index is 13.9. The summed E-state index contributed by atoms with van der Waals surface area (Å²) in [6.07, 6.45) is 3.46. The molecule has 2 aliphatic carbocycles. The number of carbonyl (C=O) groups is 1. The zero-order valence-corrected chi connectivity index (χ0v) is 20.2. The molecule has 158 valence electrons. The Morgan fingerprint density at radius 1 is 1.17 bits per heavy atom. The molecule has 2 bridgehead atoms. The quantitative estimate of drug-likeness (QED) is 0.541. The van der Waals surface area contributed by atoms with Crippen molar-refractivity contribution >= 4 is 25.9 Å². The van der Waals surface area contributed by atoms with E-state index in [0.29, 0.717) is 6.42 Å². The lowest BCUT2D eigenvalue weighted by molar-refractivity contribution is -0.141. The predicted octanol–water partition coefficient (Wildman–Crippen LogP) is 4.82. The number of Topliss-reactive ketones (excluding diaryl/α,β-unsaturated/α-hetero) is 1. The van der Waals surface area contributed by atoms with E-state index in [1.54, 1.807) is 23.9 Å². The fourth-order valence-corrected chi connectivity index (χ4v) is 6.29. The van der Waals surface area contributed by atoms with E-state index in [1.807, 2.05) is 30.3 Å². The molecule has 1 saturated carbocycles. The smallest absolute Gasteiger partial charge is 0.194 e. The summed E-state index contributed by atoms with van der Waals surface area (Å²) in [4.78, 5) is 15.0. The average Bonchev–Trinajstić information content (AvgIpc) is 2.66. The highest BCUT2D eigenvalue weighted by Gasteiger charge is 2.55. The third kappa shape index (κ3) is 4.76. The Morgan fingerprint density at radius 3 is 2.50 bits per heavy atom. The Bertz CT molecular complexity index is 940. The van der Waals surface area contributed by atoms with Gasteiger partial charge in [-0.2, -0.15) is 0 Å². The molecular weight excluding hydrogens is 408 g/mol. The van der Waals surface area contributed by atoms with Crippen LogP contribution in [-0.2, 0) is 9.22 Å². The summed E-state index contributed by atoms with van der Waals surface area (Å²) < 4.78 is 6.71. The van der Waals surface area contributed by atoms with E-state index in [0.717, 1.165) is 11.3 Å². The van der Waals surface area contributed by atoms with Crippen molar-refractivity contribution in [1.82, 2.24) is 0 Å². The van der Waals surface area contributed by atoms with Gasteiger partial charge in [-0.3, -0.25) is 4.79 Å². The number of aliphatic hydroxyl groups is 1. The zero-order chi connectivity index (χ0) is 22.0. The van der Waals surface area contributed by atoms with E-state index in [4.69, 9.17) is 4.43 Å². The van der Waals surface area contributed by atoms with Gasteiger partial charge in [0, 0.05) is 10.1 Å². The highest BCUT2D eigenvalue weighted by Crippen LogP contribution is 2.46. The van der Waals surface area contributed by atoms with Crippen LogP contribution in [0.2, 0.25) is 18.1 Å². The molecule has 0 saturated heterocycles. The van der Waals surface area contributed by atoms with Crippen LogP contribution in [0.4, 0.5) is 0 Å². The molecule has 0 amide bonds. The van der Waals surface area contributed by atoms with Crippen LogP contribution >= 0.6 is 11.8 Å². The number of hydrogen-bond donors (Lipinski definition) is 1. The monoisotopic (exact) mass is 438 g/mol. The Labute approximate surface area is 185 Å². The first-order valence-corrected chi connectivity index (χ1v) is 14.2. The molecule has 0 spiro atoms. The SMILES string of the molecule is CC(C)(C)[Si](C)(C)OC12C#C/C=C\C#CC(O)C(C1=O)C(Sc1ccccc1)CC2. The molecule has 30 heavy (non-hydrogen) atoms. The van der Waals surface area contributed by atoms with Gasteiger partial charge in [0.15, 0.2) is 19.7 Å². The van der Waals surface area contributed by atoms with Crippen LogP contribution in [0.3, 0.4) is 0 Å². The number of aliphatic hydroxyl groups excluding tert-OH is 1. The minimum absolute atomic E-state index is 0.0571. The van der Waals surface area contributed by atoms with Crippen LogP contribution < -0.4 is 0 Å². The number of ketones is 1. The lowest BCUT2D eigenvalue weighted by Gasteiger charge is -2.47. The summed E-state index contributed by atoms with van der Waals surface area (Å²) in [5, 5.41) is 10.8. The molecule has 2 aliphatic rings. The molecule has 0 aliphatic heterocycles. The van der Waals surface area contributed by atoms with E-state index in [2.05, 4.69) is 57.5 Å². The summed E-state index contributed by atoms with van der Waals surface area (Å²) in [5.74, 6) is 11.0. The van der Waals surface area contributed by atoms with Gasteiger partial charge in [0.2, 0.25) is 0 Å². The van der Waals surface area contributed by atoms with Crippen LogP contribution in [0.1, 0.15) is 33.6 Å². The van der Waals surface area contributed by atoms with Gasteiger partial charge in [-0.1, -0.05) is 62.7 Å². The van der Waals surface area contributed by atoms with Gasteiger partial charge >= 0.3 is 0 Å². The number of rotatable bonds is 4. The third-order valence-electron chi connectivity index (χ3n) is 6.24. The molecule has 0 radical (unpaired) electrons. The maximum atomic E-state index is 13.9. The molecule has 1 N–H and O–H groups in total. The van der Waals surface area contributed by atoms with Crippen molar-refractivity contribution in [3.63, 3.8) is 0 Å². The van der Waals surface area contributed by atoms with Gasteiger partial charge in [0.25, 0.3) is 0 Å². The van der Waals surface area contributed by atoms with Crippen molar-refractivity contribution in [2.45, 2.75) is 73.6 Å². The standard InChI is InChI=1S/C25H30O3SSi/c1-24(2,3)30(4,5)28-25-17-12-7-6-11-15-20(26)22(23(25)27)21(16-18-25)29-19-13-9-8-10-14-19/h6-10,13-14,20-22,26H,16,18H2,1-5H3/b7-6-. The van der Waals surface area contributed by atoms with Crippen molar-refractivity contribution < 1.29 is 14.3 Å². The zero-order valence-electron chi connectivity index (χ0n) is 18.4. The van der Waals surface area contributed by atoms with E-state index >= 15 is 0 Å². The van der Waals surface area contributed by atoms with Gasteiger partial charge in [0.1, 0.15) is 6.10 Å². The topological polar surface area (TPSA) is 46.5 Å². The second-order valence-corrected chi connectivity index (χ2v) is 15.5. The number of allylic oxidation sites excluding steroid dienone is 2. The van der Waals surface area contributed by atoms with Gasteiger partial charge in [-0.25, -0.2) is 0 Å². The summed E-state index contributed by atoms with van der Waals surface area (Å²) in [6, 6.07) is 10.0. The van der Waals surface area contributed by atoms with E-state index < -0.39 is 25.9 Å². The second kappa shape index (κ2) is 8.77. The van der Waals surface area contributed by atoms with E-state index in [1.165, 1.54) is 0 Å². The first-order chi connectivity index (χ1) is 14.1. The number of benzene rings is 1. The minimum atomic E-state index is -2.28. The van der Waals surface area contributed by atoms with E-state index in [9.17, 15) is 9.90 Å². The first-order valence-electron chi connectivity index (χ1n) is 10.4. The number of hydrogen-bond acceptors (Lipinski definition) is 4. The van der Waals surface area contributed by atoms with Crippen LogP contribution in [0.25, 0.3) is 0 Å². The van der Waals surface area contributed by atoms with Gasteiger partial charge in [-0.15, -0.1) is 11.8 Å². The van der Waals surface area contributed by atoms with Crippen molar-refractivity contribution in [3.8, 4) is 23.7 Å². The molecule has 4 atom stereocenters. The summed E-state index contributed by atoms with van der Waals surface area (Å²) in [5.41, 5.74) is -1.19. The minimum Gasteiger partial charge on any atom is -0.395 e. The summed E-state index contributed by atoms with van der Waals surface area (Å²) in [6.45, 7) is 10.7. The largest absolute Gasteiger partial charge is 0.395 e. The summed E-state index contributed by atoms with van der Waals surface area (Å²) >= 11 is 1.63. The van der Waals surface area contributed by atoms with Crippen molar-refractivity contribution in [3.05, 3.63) is 42.5 Å². The molecule has 0 heterocycles. The Balaban J connectivity index is 2.02. The van der Waals surface area contributed by atoms with Gasteiger partial charge < -0.3 is 9.53 Å². The van der Waals surface area contributed by atoms with E-state index in [-0.39, 0.29) is 16.1 Å². The second-order valence-electron chi connectivity index (χ2n) is 9.42. The normalized spacial score (nSPS) is 29.8. The van der Waals surface area contributed by atoms with Crippen LogP contribution in [0.15, 0.2) is 47.4 Å². The Hall–Kier alpha value is -1.76. The number of fused-ring (bicyclic) bond motifs is 2. The van der Waals surface area contributed by atoms with Crippen molar-refractivity contribution in [1.29, 1.82) is 0 Å². The fourth-order valence-electron chi connectivity index (χ4n) is 3.54. The molecule has 5 heteroatoms. The fraction of sp³-hybridized carbons (Fsp3) is 0.480. The molecule has 1 fully saturated rings. The van der Waals surface area contributed by atoms with Crippen molar-refractivity contribution in [2.24, 2.45) is 5.92 Å². The first kappa shape index (κ1) is 22.9. The third-order valence-corrected chi connectivity index (χ3v) is 12.1. The van der Waals surface area contributed by atoms with Crippen LogP contribution in [0.5, 0.6) is 0 Å². The highest BCUT2D eigenvalue weighted by molar-refractivity contribution is 8.00. The molecule has 3 rings (SSSR count). The Kier molecular flexibility index (Phi) is 6.70.